The maximum absolute atomic E-state index is 11.9. The van der Waals surface area contributed by atoms with Crippen molar-refractivity contribution in [3.8, 4) is 0 Å². The van der Waals surface area contributed by atoms with E-state index in [-0.39, 0.29) is 6.04 Å². The number of nitrogen functional groups attached to an aromatic ring is 1. The molecule has 0 bridgehead atoms. The fourth-order valence-corrected chi connectivity index (χ4v) is 2.10. The van der Waals surface area contributed by atoms with E-state index in [0.717, 1.165) is 25.8 Å². The van der Waals surface area contributed by atoms with Crippen molar-refractivity contribution in [1.82, 2.24) is 4.98 Å². The van der Waals surface area contributed by atoms with Gasteiger partial charge in [-0.15, -0.1) is 0 Å². The van der Waals surface area contributed by atoms with Gasteiger partial charge in [0.2, 0.25) is 0 Å². The molecule has 0 atom stereocenters. The normalized spacial score (nSPS) is 10.7. The van der Waals surface area contributed by atoms with E-state index in [2.05, 4.69) is 30.7 Å². The molecule has 0 saturated heterocycles. The Hall–Kier alpha value is -1.78. The number of methoxy groups -OCH3 is 1. The number of hydrogen-bond donors (Lipinski definition) is 1. The smallest absolute Gasteiger partial charge is 0.341 e. The molecule has 2 N–H and O–H groups in total. The number of esters is 1. The molecule has 0 fully saturated rings. The Morgan fingerprint density at radius 2 is 2.15 bits per heavy atom. The maximum atomic E-state index is 11.9. The van der Waals surface area contributed by atoms with Gasteiger partial charge < -0.3 is 15.4 Å². The molecular weight excluding hydrogens is 254 g/mol. The zero-order valence-corrected chi connectivity index (χ0v) is 12.8. The van der Waals surface area contributed by atoms with Crippen molar-refractivity contribution in [1.29, 1.82) is 0 Å². The van der Waals surface area contributed by atoms with E-state index in [4.69, 9.17) is 10.5 Å². The molecule has 0 aliphatic rings. The van der Waals surface area contributed by atoms with Crippen LogP contribution in [0.25, 0.3) is 0 Å². The van der Waals surface area contributed by atoms with Gasteiger partial charge in [0, 0.05) is 12.6 Å². The molecule has 1 heterocycles. The molecule has 0 saturated carbocycles. The Bertz CT molecular complexity index is 447. The first-order chi connectivity index (χ1) is 9.51. The van der Waals surface area contributed by atoms with Crippen molar-refractivity contribution >= 4 is 17.5 Å². The van der Waals surface area contributed by atoms with Crippen LogP contribution in [0.3, 0.4) is 0 Å². The molecule has 5 heteroatoms. The second-order valence-corrected chi connectivity index (χ2v) is 5.13. The number of carbonyl (C=O) groups excluding carboxylic acids is 1. The summed E-state index contributed by atoms with van der Waals surface area (Å²) in [4.78, 5) is 18.4. The third-order valence-corrected chi connectivity index (χ3v) is 3.19. The highest BCUT2D eigenvalue weighted by Crippen LogP contribution is 2.23. The Morgan fingerprint density at radius 3 is 2.70 bits per heavy atom. The van der Waals surface area contributed by atoms with Crippen molar-refractivity contribution in [2.24, 2.45) is 0 Å². The molecule has 0 aliphatic heterocycles. The second kappa shape index (κ2) is 7.72. The van der Waals surface area contributed by atoms with Gasteiger partial charge in [0.05, 0.1) is 19.0 Å². The first-order valence-electron chi connectivity index (χ1n) is 7.11. The van der Waals surface area contributed by atoms with Crippen molar-refractivity contribution in [2.75, 3.05) is 24.3 Å². The molecule has 0 radical (unpaired) electrons. The lowest BCUT2D eigenvalue weighted by molar-refractivity contribution is 0.0601. The summed E-state index contributed by atoms with van der Waals surface area (Å²) in [5, 5.41) is 0. The van der Waals surface area contributed by atoms with Gasteiger partial charge in [0.25, 0.3) is 0 Å². The van der Waals surface area contributed by atoms with Gasteiger partial charge in [-0.1, -0.05) is 19.8 Å². The van der Waals surface area contributed by atoms with E-state index in [9.17, 15) is 4.79 Å². The van der Waals surface area contributed by atoms with Gasteiger partial charge in [-0.25, -0.2) is 9.78 Å². The molecule has 5 nitrogen and oxygen atoms in total. The summed E-state index contributed by atoms with van der Waals surface area (Å²) >= 11 is 0. The number of nitrogens with zero attached hydrogens (tertiary/aromatic N) is 2. The fourth-order valence-electron chi connectivity index (χ4n) is 2.10. The van der Waals surface area contributed by atoms with Gasteiger partial charge in [-0.05, 0) is 26.3 Å². The van der Waals surface area contributed by atoms with Gasteiger partial charge in [0.1, 0.15) is 11.4 Å². The van der Waals surface area contributed by atoms with Crippen LogP contribution in [0.1, 0.15) is 50.4 Å². The third kappa shape index (κ3) is 4.11. The first kappa shape index (κ1) is 16.3. The molecule has 0 amide bonds. The molecular formula is C15H25N3O2. The van der Waals surface area contributed by atoms with E-state index in [0.29, 0.717) is 17.1 Å². The minimum Gasteiger partial charge on any atom is -0.465 e. The summed E-state index contributed by atoms with van der Waals surface area (Å²) < 4.78 is 4.83. The zero-order valence-electron chi connectivity index (χ0n) is 12.8. The van der Waals surface area contributed by atoms with Crippen LogP contribution in [0, 0.1) is 0 Å². The number of rotatable bonds is 7. The van der Waals surface area contributed by atoms with E-state index < -0.39 is 5.97 Å². The number of pyridine rings is 1. The number of hydrogen-bond acceptors (Lipinski definition) is 5. The zero-order chi connectivity index (χ0) is 15.1. The number of carbonyl (C=O) groups is 1. The Labute approximate surface area is 121 Å². The molecule has 112 valence electrons. The molecule has 1 aromatic rings. The first-order valence-corrected chi connectivity index (χ1v) is 7.11. The summed E-state index contributed by atoms with van der Waals surface area (Å²) in [6.07, 6.45) is 4.97. The molecule has 0 aromatic carbocycles. The lowest BCUT2D eigenvalue weighted by Crippen LogP contribution is -2.34. The predicted molar refractivity (Wildman–Crippen MR) is 82.0 cm³/mol. The summed E-state index contributed by atoms with van der Waals surface area (Å²) in [7, 11) is 1.37. The van der Waals surface area contributed by atoms with E-state index in [1.807, 2.05) is 0 Å². The van der Waals surface area contributed by atoms with Crippen LogP contribution in [0.15, 0.2) is 12.3 Å². The summed E-state index contributed by atoms with van der Waals surface area (Å²) in [5.41, 5.74) is 6.62. The number of ether oxygens (including phenoxy) is 1. The minimum absolute atomic E-state index is 0.256. The van der Waals surface area contributed by atoms with Gasteiger partial charge in [0.15, 0.2) is 0 Å². The molecule has 1 aromatic heterocycles. The average molecular weight is 279 g/mol. The summed E-state index contributed by atoms with van der Waals surface area (Å²) in [6, 6.07) is 1.88. The monoisotopic (exact) mass is 279 g/mol. The van der Waals surface area contributed by atoms with Gasteiger partial charge in [-0.2, -0.15) is 0 Å². The Kier molecular flexibility index (Phi) is 6.28. The van der Waals surface area contributed by atoms with E-state index in [1.54, 1.807) is 12.3 Å². The molecule has 20 heavy (non-hydrogen) atoms. The topological polar surface area (TPSA) is 68.5 Å². The van der Waals surface area contributed by atoms with Crippen LogP contribution < -0.4 is 10.6 Å². The highest BCUT2D eigenvalue weighted by atomic mass is 16.5. The third-order valence-electron chi connectivity index (χ3n) is 3.19. The lowest BCUT2D eigenvalue weighted by Gasteiger charge is -2.29. The van der Waals surface area contributed by atoms with Crippen molar-refractivity contribution in [3.63, 3.8) is 0 Å². The van der Waals surface area contributed by atoms with Crippen molar-refractivity contribution < 1.29 is 9.53 Å². The summed E-state index contributed by atoms with van der Waals surface area (Å²) in [5.74, 6) is 0.248. The number of anilines is 2. The fraction of sp³-hybridized carbons (Fsp3) is 0.600. The number of nitrogens with two attached hydrogens (primary N) is 1. The van der Waals surface area contributed by atoms with Crippen molar-refractivity contribution in [3.05, 3.63) is 17.8 Å². The highest BCUT2D eigenvalue weighted by molar-refractivity contribution is 5.95. The van der Waals surface area contributed by atoms with E-state index >= 15 is 0 Å². The van der Waals surface area contributed by atoms with Crippen LogP contribution in [0.5, 0.6) is 0 Å². The van der Waals surface area contributed by atoms with Crippen LogP contribution in [-0.2, 0) is 4.74 Å². The molecule has 1 rings (SSSR count). The average Bonchev–Trinajstić information content (AvgIpc) is 2.43. The van der Waals surface area contributed by atoms with Crippen LogP contribution >= 0.6 is 0 Å². The van der Waals surface area contributed by atoms with Gasteiger partial charge in [-0.3, -0.25) is 0 Å². The van der Waals surface area contributed by atoms with Gasteiger partial charge >= 0.3 is 5.97 Å². The summed E-state index contributed by atoms with van der Waals surface area (Å²) in [6.45, 7) is 7.21. The van der Waals surface area contributed by atoms with Crippen LogP contribution in [-0.4, -0.2) is 30.6 Å². The van der Waals surface area contributed by atoms with Crippen molar-refractivity contribution in [2.45, 2.75) is 46.1 Å². The van der Waals surface area contributed by atoms with Crippen LogP contribution in [0.2, 0.25) is 0 Å². The molecule has 0 spiro atoms. The number of unbranched alkanes of at least 4 members (excludes halogenated alkanes) is 2. The molecule has 0 aliphatic carbocycles. The predicted octanol–water partition coefficient (Wildman–Crippen LogP) is 2.86. The van der Waals surface area contributed by atoms with Crippen LogP contribution in [0.4, 0.5) is 11.5 Å². The quantitative estimate of drug-likeness (QED) is 0.614. The Morgan fingerprint density at radius 1 is 1.45 bits per heavy atom. The van der Waals surface area contributed by atoms with E-state index in [1.165, 1.54) is 7.11 Å². The standard InChI is InChI=1S/C15H25N3O2/c1-5-6-7-8-18(11(2)3)14-13(15(19)20-4)9-12(16)10-17-14/h9-11H,5-8,16H2,1-4H3. The SMILES string of the molecule is CCCCCN(c1ncc(N)cc1C(=O)OC)C(C)C. The largest absolute Gasteiger partial charge is 0.465 e. The highest BCUT2D eigenvalue weighted by Gasteiger charge is 2.20. The maximum Gasteiger partial charge on any atom is 0.341 e. The number of aromatic nitrogens is 1. The molecule has 0 unspecified atom stereocenters. The lowest BCUT2D eigenvalue weighted by atomic mass is 10.1. The second-order valence-electron chi connectivity index (χ2n) is 5.13. The minimum atomic E-state index is -0.402. The Balaban J connectivity index is 3.08.